The van der Waals surface area contributed by atoms with Crippen molar-refractivity contribution < 1.29 is 4.79 Å². The number of benzene rings is 1. The third kappa shape index (κ3) is 3.95. The van der Waals surface area contributed by atoms with E-state index in [1.807, 2.05) is 36.6 Å². The van der Waals surface area contributed by atoms with Crippen molar-refractivity contribution in [3.05, 3.63) is 30.3 Å². The second kappa shape index (κ2) is 6.93. The molecule has 2 aromatic rings. The van der Waals surface area contributed by atoms with E-state index in [0.29, 0.717) is 5.75 Å². The van der Waals surface area contributed by atoms with Gasteiger partial charge in [-0.1, -0.05) is 53.1 Å². The zero-order valence-electron chi connectivity index (χ0n) is 10.6. The molecule has 0 saturated heterocycles. The van der Waals surface area contributed by atoms with Gasteiger partial charge >= 0.3 is 0 Å². The van der Waals surface area contributed by atoms with Crippen LogP contribution in [0.2, 0.25) is 0 Å². The van der Waals surface area contributed by atoms with Gasteiger partial charge < -0.3 is 4.90 Å². The summed E-state index contributed by atoms with van der Waals surface area (Å²) in [6.07, 6.45) is 1.96. The molecule has 1 heterocycles. The summed E-state index contributed by atoms with van der Waals surface area (Å²) in [4.78, 5) is 13.7. The van der Waals surface area contributed by atoms with Gasteiger partial charge in [0.1, 0.15) is 0 Å². The van der Waals surface area contributed by atoms with E-state index >= 15 is 0 Å². The number of amides is 1. The number of carbonyl (C=O) groups excluding carboxylic acids is 1. The first-order chi connectivity index (χ1) is 9.20. The highest BCUT2D eigenvalue weighted by atomic mass is 32.2. The van der Waals surface area contributed by atoms with Gasteiger partial charge in [-0.2, -0.15) is 0 Å². The van der Waals surface area contributed by atoms with Gasteiger partial charge in [0.2, 0.25) is 5.91 Å². The lowest BCUT2D eigenvalue weighted by Crippen LogP contribution is -2.27. The number of hydrogen-bond donors (Lipinski definition) is 0. The van der Waals surface area contributed by atoms with E-state index in [1.165, 1.54) is 23.1 Å². The maximum Gasteiger partial charge on any atom is 0.237 e. The van der Waals surface area contributed by atoms with Gasteiger partial charge in [0.25, 0.3) is 0 Å². The summed E-state index contributed by atoms with van der Waals surface area (Å²) < 4.78 is 1.76. The largest absolute Gasteiger partial charge is 0.315 e. The molecule has 0 radical (unpaired) electrons. The Bertz CT molecular complexity index is 544. The second-order valence-electron chi connectivity index (χ2n) is 3.61. The van der Waals surface area contributed by atoms with E-state index in [2.05, 4.69) is 10.2 Å². The summed E-state index contributed by atoms with van der Waals surface area (Å²) in [7, 11) is 1.78. The predicted molar refractivity (Wildman–Crippen MR) is 82.3 cm³/mol. The molecule has 7 heteroatoms. The fraction of sp³-hybridized carbons (Fsp3) is 0.250. The SMILES string of the molecule is CSc1nnc(SCC(=O)N(C)c2ccccc2)s1. The molecule has 0 N–H and O–H groups in total. The molecular weight excluding hydrogens is 298 g/mol. The molecule has 0 saturated carbocycles. The quantitative estimate of drug-likeness (QED) is 0.794. The second-order valence-corrected chi connectivity index (χ2v) is 6.87. The van der Waals surface area contributed by atoms with Crippen LogP contribution in [0, 0.1) is 0 Å². The number of thioether (sulfide) groups is 2. The van der Waals surface area contributed by atoms with E-state index in [4.69, 9.17) is 0 Å². The molecule has 0 unspecified atom stereocenters. The molecule has 2 rings (SSSR count). The molecule has 0 fully saturated rings. The standard InChI is InChI=1S/C12H13N3OS3/c1-15(9-6-4-3-5-7-9)10(16)8-18-12-14-13-11(17-2)19-12/h3-7H,8H2,1-2H3. The summed E-state index contributed by atoms with van der Waals surface area (Å²) in [5.74, 6) is 0.422. The highest BCUT2D eigenvalue weighted by Crippen LogP contribution is 2.27. The minimum atomic E-state index is 0.0529. The van der Waals surface area contributed by atoms with Gasteiger partial charge in [-0.15, -0.1) is 10.2 Å². The Morgan fingerprint density at radius 2 is 1.95 bits per heavy atom. The van der Waals surface area contributed by atoms with Crippen LogP contribution in [-0.2, 0) is 4.79 Å². The number of para-hydroxylation sites is 1. The van der Waals surface area contributed by atoms with Gasteiger partial charge in [0.05, 0.1) is 5.75 Å². The number of nitrogens with zero attached hydrogens (tertiary/aromatic N) is 3. The van der Waals surface area contributed by atoms with Crippen LogP contribution < -0.4 is 4.90 Å². The Morgan fingerprint density at radius 3 is 2.58 bits per heavy atom. The summed E-state index contributed by atoms with van der Waals surface area (Å²) in [6.45, 7) is 0. The third-order valence-electron chi connectivity index (χ3n) is 2.40. The van der Waals surface area contributed by atoms with E-state index in [9.17, 15) is 4.79 Å². The number of hydrogen-bond acceptors (Lipinski definition) is 6. The Kier molecular flexibility index (Phi) is 5.24. The van der Waals surface area contributed by atoms with Crippen molar-refractivity contribution in [1.29, 1.82) is 0 Å². The van der Waals surface area contributed by atoms with Crippen LogP contribution in [-0.4, -0.2) is 35.2 Å². The molecule has 1 amide bonds. The zero-order chi connectivity index (χ0) is 13.7. The van der Waals surface area contributed by atoms with Gasteiger partial charge in [-0.3, -0.25) is 4.79 Å². The molecule has 100 valence electrons. The minimum absolute atomic E-state index is 0.0529. The average Bonchev–Trinajstić information content (AvgIpc) is 2.93. The first-order valence-electron chi connectivity index (χ1n) is 5.52. The van der Waals surface area contributed by atoms with Gasteiger partial charge in [0.15, 0.2) is 8.68 Å². The Morgan fingerprint density at radius 1 is 1.26 bits per heavy atom. The third-order valence-corrected chi connectivity index (χ3v) is 5.42. The van der Waals surface area contributed by atoms with Crippen molar-refractivity contribution in [1.82, 2.24) is 10.2 Å². The van der Waals surface area contributed by atoms with E-state index in [-0.39, 0.29) is 5.91 Å². The van der Waals surface area contributed by atoms with Crippen LogP contribution in [0.15, 0.2) is 39.0 Å². The smallest absolute Gasteiger partial charge is 0.237 e. The molecular formula is C12H13N3OS3. The zero-order valence-corrected chi connectivity index (χ0v) is 13.0. The normalized spacial score (nSPS) is 10.4. The van der Waals surface area contributed by atoms with Crippen LogP contribution in [0.5, 0.6) is 0 Å². The number of rotatable bonds is 5. The van der Waals surface area contributed by atoms with Crippen LogP contribution >= 0.6 is 34.9 Å². The first kappa shape index (κ1) is 14.4. The summed E-state index contributed by atoms with van der Waals surface area (Å²) in [5, 5.41) is 8.03. The molecule has 0 aliphatic heterocycles. The Hall–Kier alpha value is -1.05. The summed E-state index contributed by atoms with van der Waals surface area (Å²) >= 11 is 4.51. The highest BCUT2D eigenvalue weighted by molar-refractivity contribution is 8.03. The molecule has 0 aliphatic carbocycles. The molecule has 0 bridgehead atoms. The van der Waals surface area contributed by atoms with E-state index in [0.717, 1.165) is 14.4 Å². The molecule has 0 aliphatic rings. The number of carbonyl (C=O) groups is 1. The van der Waals surface area contributed by atoms with E-state index in [1.54, 1.807) is 23.7 Å². The molecule has 19 heavy (non-hydrogen) atoms. The molecule has 1 aromatic carbocycles. The predicted octanol–water partition coefficient (Wildman–Crippen LogP) is 3.02. The van der Waals surface area contributed by atoms with Crippen molar-refractivity contribution in [2.24, 2.45) is 0 Å². The maximum absolute atomic E-state index is 12.0. The van der Waals surface area contributed by atoms with Gasteiger partial charge in [-0.05, 0) is 18.4 Å². The summed E-state index contributed by atoms with van der Waals surface area (Å²) in [6, 6.07) is 9.60. The number of aromatic nitrogens is 2. The fourth-order valence-electron chi connectivity index (χ4n) is 1.35. The fourth-order valence-corrected chi connectivity index (χ4v) is 3.71. The lowest BCUT2D eigenvalue weighted by atomic mass is 10.3. The first-order valence-corrected chi connectivity index (χ1v) is 8.55. The Balaban J connectivity index is 1.91. The molecule has 1 aromatic heterocycles. The lowest BCUT2D eigenvalue weighted by molar-refractivity contribution is -0.115. The highest BCUT2D eigenvalue weighted by Gasteiger charge is 2.12. The molecule has 4 nitrogen and oxygen atoms in total. The van der Waals surface area contributed by atoms with Crippen LogP contribution in [0.1, 0.15) is 0 Å². The van der Waals surface area contributed by atoms with Crippen LogP contribution in [0.25, 0.3) is 0 Å². The minimum Gasteiger partial charge on any atom is -0.315 e. The van der Waals surface area contributed by atoms with Crippen molar-refractivity contribution in [2.75, 3.05) is 24.0 Å². The molecule has 0 atom stereocenters. The van der Waals surface area contributed by atoms with Gasteiger partial charge in [0, 0.05) is 12.7 Å². The molecule has 0 spiro atoms. The van der Waals surface area contributed by atoms with Gasteiger partial charge in [-0.25, -0.2) is 0 Å². The van der Waals surface area contributed by atoms with Crippen molar-refractivity contribution in [3.63, 3.8) is 0 Å². The maximum atomic E-state index is 12.0. The van der Waals surface area contributed by atoms with Crippen molar-refractivity contribution in [2.45, 2.75) is 8.68 Å². The Labute approximate surface area is 124 Å². The van der Waals surface area contributed by atoms with E-state index < -0.39 is 0 Å². The average molecular weight is 311 g/mol. The van der Waals surface area contributed by atoms with Crippen molar-refractivity contribution in [3.8, 4) is 0 Å². The number of anilines is 1. The summed E-state index contributed by atoms with van der Waals surface area (Å²) in [5.41, 5.74) is 0.898. The van der Waals surface area contributed by atoms with Crippen LogP contribution in [0.3, 0.4) is 0 Å². The van der Waals surface area contributed by atoms with Crippen LogP contribution in [0.4, 0.5) is 5.69 Å². The monoisotopic (exact) mass is 311 g/mol. The topological polar surface area (TPSA) is 46.1 Å². The lowest BCUT2D eigenvalue weighted by Gasteiger charge is -2.16. The van der Waals surface area contributed by atoms with Crippen molar-refractivity contribution >= 4 is 46.5 Å².